The minimum atomic E-state index is 0.0541. The number of rotatable bonds is 4. The third-order valence-electron chi connectivity index (χ3n) is 6.37. The molecule has 1 aromatic heterocycles. The standard InChI is InChI=1S/C23H30N2O3/c1-17(2)7-12-24-15-23(10-6-21(24)26)9-3-11-25(16-23)22(27)19-4-5-20-18(14-19)8-13-28-20/h4-5,8,13-14,17H,3,6-7,9-12,15-16H2,1-2H3. The van der Waals surface area contributed by atoms with Gasteiger partial charge in [0.15, 0.2) is 0 Å². The van der Waals surface area contributed by atoms with E-state index in [0.717, 1.165) is 68.4 Å². The maximum atomic E-state index is 13.2. The highest BCUT2D eigenvalue weighted by molar-refractivity contribution is 5.97. The first-order valence-corrected chi connectivity index (χ1v) is 10.5. The number of benzene rings is 1. The van der Waals surface area contributed by atoms with Crippen LogP contribution >= 0.6 is 0 Å². The summed E-state index contributed by atoms with van der Waals surface area (Å²) in [5.41, 5.74) is 1.58. The molecule has 1 atom stereocenters. The van der Waals surface area contributed by atoms with Gasteiger partial charge in [-0.1, -0.05) is 13.8 Å². The van der Waals surface area contributed by atoms with Crippen molar-refractivity contribution in [3.8, 4) is 0 Å². The van der Waals surface area contributed by atoms with Gasteiger partial charge < -0.3 is 14.2 Å². The maximum absolute atomic E-state index is 13.2. The quantitative estimate of drug-likeness (QED) is 0.791. The molecule has 2 amide bonds. The van der Waals surface area contributed by atoms with Gasteiger partial charge in [0.1, 0.15) is 5.58 Å². The smallest absolute Gasteiger partial charge is 0.253 e. The molecule has 150 valence electrons. The molecule has 28 heavy (non-hydrogen) atoms. The lowest BCUT2D eigenvalue weighted by Gasteiger charge is -2.48. The monoisotopic (exact) mass is 382 g/mol. The van der Waals surface area contributed by atoms with Crippen LogP contribution in [0.25, 0.3) is 11.0 Å². The van der Waals surface area contributed by atoms with Crippen molar-refractivity contribution < 1.29 is 14.0 Å². The topological polar surface area (TPSA) is 53.8 Å². The van der Waals surface area contributed by atoms with Crippen LogP contribution in [0.5, 0.6) is 0 Å². The van der Waals surface area contributed by atoms with Crippen molar-refractivity contribution in [2.75, 3.05) is 26.2 Å². The summed E-state index contributed by atoms with van der Waals surface area (Å²) in [6, 6.07) is 7.54. The summed E-state index contributed by atoms with van der Waals surface area (Å²) in [6.07, 6.45) is 6.30. The number of nitrogens with zero attached hydrogens (tertiary/aromatic N) is 2. The van der Waals surface area contributed by atoms with Gasteiger partial charge in [-0.15, -0.1) is 0 Å². The Labute approximate surface area is 166 Å². The second-order valence-electron chi connectivity index (χ2n) is 9.00. The molecular weight excluding hydrogens is 352 g/mol. The molecule has 4 rings (SSSR count). The van der Waals surface area contributed by atoms with E-state index in [0.29, 0.717) is 12.3 Å². The molecule has 5 nitrogen and oxygen atoms in total. The van der Waals surface area contributed by atoms with Crippen LogP contribution in [0.3, 0.4) is 0 Å². The number of furan rings is 1. The summed E-state index contributed by atoms with van der Waals surface area (Å²) < 4.78 is 5.39. The molecule has 0 radical (unpaired) electrons. The van der Waals surface area contributed by atoms with Crippen LogP contribution in [-0.2, 0) is 4.79 Å². The molecule has 1 aromatic carbocycles. The van der Waals surface area contributed by atoms with E-state index in [1.165, 1.54) is 0 Å². The van der Waals surface area contributed by atoms with E-state index in [9.17, 15) is 9.59 Å². The lowest BCUT2D eigenvalue weighted by atomic mass is 9.73. The number of fused-ring (bicyclic) bond motifs is 1. The molecule has 1 spiro atoms. The largest absolute Gasteiger partial charge is 0.464 e. The zero-order chi connectivity index (χ0) is 19.7. The van der Waals surface area contributed by atoms with E-state index >= 15 is 0 Å². The van der Waals surface area contributed by atoms with Crippen molar-refractivity contribution >= 4 is 22.8 Å². The van der Waals surface area contributed by atoms with Crippen molar-refractivity contribution in [2.45, 2.75) is 46.0 Å². The molecule has 0 aliphatic carbocycles. The summed E-state index contributed by atoms with van der Waals surface area (Å²) in [5, 5.41) is 0.959. The zero-order valence-electron chi connectivity index (χ0n) is 16.9. The predicted molar refractivity (Wildman–Crippen MR) is 109 cm³/mol. The number of carbonyl (C=O) groups is 2. The summed E-state index contributed by atoms with van der Waals surface area (Å²) >= 11 is 0. The highest BCUT2D eigenvalue weighted by atomic mass is 16.3. The van der Waals surface area contributed by atoms with Gasteiger partial charge in [-0.25, -0.2) is 0 Å². The Morgan fingerprint density at radius 3 is 2.89 bits per heavy atom. The fourth-order valence-electron chi connectivity index (χ4n) is 4.72. The molecular formula is C23H30N2O3. The third kappa shape index (κ3) is 3.80. The summed E-state index contributed by atoms with van der Waals surface area (Å²) in [5.74, 6) is 0.959. The molecule has 5 heteroatoms. The van der Waals surface area contributed by atoms with E-state index in [1.54, 1.807) is 6.26 Å². The van der Waals surface area contributed by atoms with Gasteiger partial charge >= 0.3 is 0 Å². The lowest BCUT2D eigenvalue weighted by molar-refractivity contribution is -0.139. The molecule has 3 heterocycles. The molecule has 0 saturated carbocycles. The van der Waals surface area contributed by atoms with Crippen molar-refractivity contribution in [3.63, 3.8) is 0 Å². The second kappa shape index (κ2) is 7.61. The first-order chi connectivity index (χ1) is 13.5. The predicted octanol–water partition coefficient (Wildman–Crippen LogP) is 4.32. The van der Waals surface area contributed by atoms with Crippen LogP contribution in [0.4, 0.5) is 0 Å². The van der Waals surface area contributed by atoms with E-state index in [-0.39, 0.29) is 17.2 Å². The average Bonchev–Trinajstić information content (AvgIpc) is 3.16. The fraction of sp³-hybridized carbons (Fsp3) is 0.565. The Morgan fingerprint density at radius 1 is 1.21 bits per heavy atom. The van der Waals surface area contributed by atoms with Gasteiger partial charge in [0, 0.05) is 49.0 Å². The molecule has 2 aliphatic rings. The van der Waals surface area contributed by atoms with E-state index in [4.69, 9.17) is 4.42 Å². The van der Waals surface area contributed by atoms with Crippen molar-refractivity contribution in [3.05, 3.63) is 36.1 Å². The molecule has 0 bridgehead atoms. The molecule has 1 unspecified atom stereocenters. The molecule has 2 saturated heterocycles. The fourth-order valence-corrected chi connectivity index (χ4v) is 4.72. The SMILES string of the molecule is CC(C)CCN1CC2(CCCN(C(=O)c3ccc4occc4c3)C2)CCC1=O. The Balaban J connectivity index is 1.48. The average molecular weight is 383 g/mol. The normalized spacial score (nSPS) is 23.2. The van der Waals surface area contributed by atoms with E-state index in [2.05, 4.69) is 18.7 Å². The number of hydrogen-bond donors (Lipinski definition) is 0. The van der Waals surface area contributed by atoms with Crippen molar-refractivity contribution in [2.24, 2.45) is 11.3 Å². The van der Waals surface area contributed by atoms with Gasteiger partial charge in [-0.05, 0) is 55.9 Å². The first-order valence-electron chi connectivity index (χ1n) is 10.5. The van der Waals surface area contributed by atoms with Crippen LogP contribution in [0, 0.1) is 11.3 Å². The molecule has 2 aromatic rings. The molecule has 2 fully saturated rings. The Morgan fingerprint density at radius 2 is 2.07 bits per heavy atom. The highest BCUT2D eigenvalue weighted by Gasteiger charge is 2.42. The minimum Gasteiger partial charge on any atom is -0.464 e. The number of likely N-dealkylation sites (tertiary alicyclic amines) is 2. The van der Waals surface area contributed by atoms with Gasteiger partial charge in [-0.2, -0.15) is 0 Å². The Kier molecular flexibility index (Phi) is 5.17. The van der Waals surface area contributed by atoms with Crippen LogP contribution in [-0.4, -0.2) is 47.8 Å². The van der Waals surface area contributed by atoms with Crippen LogP contribution in [0.2, 0.25) is 0 Å². The molecule has 0 N–H and O–H groups in total. The molecule has 2 aliphatic heterocycles. The van der Waals surface area contributed by atoms with Crippen molar-refractivity contribution in [1.29, 1.82) is 0 Å². The van der Waals surface area contributed by atoms with E-state index in [1.807, 2.05) is 29.2 Å². The number of piperidine rings is 2. The first kappa shape index (κ1) is 19.0. The highest BCUT2D eigenvalue weighted by Crippen LogP contribution is 2.39. The number of carbonyl (C=O) groups excluding carboxylic acids is 2. The van der Waals surface area contributed by atoms with Gasteiger partial charge in [0.25, 0.3) is 5.91 Å². The van der Waals surface area contributed by atoms with E-state index < -0.39 is 0 Å². The number of hydrogen-bond acceptors (Lipinski definition) is 3. The van der Waals surface area contributed by atoms with Crippen LogP contribution in [0.15, 0.2) is 34.9 Å². The summed E-state index contributed by atoms with van der Waals surface area (Å²) in [7, 11) is 0. The zero-order valence-corrected chi connectivity index (χ0v) is 16.9. The van der Waals surface area contributed by atoms with Crippen molar-refractivity contribution in [1.82, 2.24) is 9.80 Å². The van der Waals surface area contributed by atoms with Gasteiger partial charge in [-0.3, -0.25) is 9.59 Å². The summed E-state index contributed by atoms with van der Waals surface area (Å²) in [4.78, 5) is 29.6. The van der Waals surface area contributed by atoms with Crippen LogP contribution < -0.4 is 0 Å². The maximum Gasteiger partial charge on any atom is 0.253 e. The Hall–Kier alpha value is -2.30. The Bertz CT molecular complexity index is 872. The van der Waals surface area contributed by atoms with Gasteiger partial charge in [0.2, 0.25) is 5.91 Å². The van der Waals surface area contributed by atoms with Gasteiger partial charge in [0.05, 0.1) is 6.26 Å². The lowest BCUT2D eigenvalue weighted by Crippen LogP contribution is -2.55. The number of amides is 2. The summed E-state index contributed by atoms with van der Waals surface area (Å²) in [6.45, 7) is 7.57. The van der Waals surface area contributed by atoms with Crippen LogP contribution in [0.1, 0.15) is 56.3 Å². The second-order valence-corrected chi connectivity index (χ2v) is 9.00. The third-order valence-corrected chi connectivity index (χ3v) is 6.37. The minimum absolute atomic E-state index is 0.0541.